The van der Waals surface area contributed by atoms with Crippen LogP contribution in [0.5, 0.6) is 5.75 Å². The third-order valence-corrected chi connectivity index (χ3v) is 3.60. The van der Waals surface area contributed by atoms with Gasteiger partial charge in [-0.1, -0.05) is 47.0 Å². The summed E-state index contributed by atoms with van der Waals surface area (Å²) in [5, 5.41) is 4.78. The molecule has 120 valence electrons. The predicted octanol–water partition coefficient (Wildman–Crippen LogP) is 4.14. The van der Waals surface area contributed by atoms with Crippen molar-refractivity contribution in [1.82, 2.24) is 5.43 Å². The van der Waals surface area contributed by atoms with Crippen LogP contribution in [0.2, 0.25) is 10.0 Å². The molecule has 0 saturated carbocycles. The number of rotatable bonds is 5. The van der Waals surface area contributed by atoms with E-state index in [9.17, 15) is 4.79 Å². The fourth-order valence-electron chi connectivity index (χ4n) is 1.91. The van der Waals surface area contributed by atoms with Gasteiger partial charge in [0.15, 0.2) is 6.61 Å². The van der Waals surface area contributed by atoms with Gasteiger partial charge in [0, 0.05) is 5.02 Å². The predicted molar refractivity (Wildman–Crippen MR) is 93.6 cm³/mol. The largest absolute Gasteiger partial charge is 0.482 e. The Morgan fingerprint density at radius 3 is 2.70 bits per heavy atom. The van der Waals surface area contributed by atoms with Crippen molar-refractivity contribution < 1.29 is 9.53 Å². The normalized spacial score (nSPS) is 10.8. The quantitative estimate of drug-likeness (QED) is 0.650. The molecule has 2 aromatic carbocycles. The fourth-order valence-corrected chi connectivity index (χ4v) is 2.38. The second-order valence-electron chi connectivity index (χ2n) is 5.02. The monoisotopic (exact) mass is 350 g/mol. The SMILES string of the molecule is Cc1ccc(/C=N/NC(=O)COc2ccc(Cl)cc2Cl)c(C)c1. The highest BCUT2D eigenvalue weighted by atomic mass is 35.5. The highest BCUT2D eigenvalue weighted by Crippen LogP contribution is 2.27. The van der Waals surface area contributed by atoms with Crippen molar-refractivity contribution in [1.29, 1.82) is 0 Å². The first-order valence-corrected chi connectivity index (χ1v) is 7.68. The Kier molecular flexibility index (Phi) is 6.02. The molecule has 0 aliphatic rings. The van der Waals surface area contributed by atoms with E-state index in [4.69, 9.17) is 27.9 Å². The number of carbonyl (C=O) groups excluding carboxylic acids is 1. The number of hydrazone groups is 1. The van der Waals surface area contributed by atoms with E-state index in [0.29, 0.717) is 15.8 Å². The van der Waals surface area contributed by atoms with Crippen molar-refractivity contribution in [2.24, 2.45) is 5.10 Å². The second kappa shape index (κ2) is 7.99. The van der Waals surface area contributed by atoms with Gasteiger partial charge in [-0.25, -0.2) is 5.43 Å². The summed E-state index contributed by atoms with van der Waals surface area (Å²) in [6, 6.07) is 10.8. The van der Waals surface area contributed by atoms with Crippen molar-refractivity contribution in [3.63, 3.8) is 0 Å². The van der Waals surface area contributed by atoms with Crippen molar-refractivity contribution in [2.45, 2.75) is 13.8 Å². The Bertz CT molecular complexity index is 745. The van der Waals surface area contributed by atoms with E-state index in [2.05, 4.69) is 16.6 Å². The number of benzene rings is 2. The molecule has 0 aromatic heterocycles. The molecule has 23 heavy (non-hydrogen) atoms. The minimum absolute atomic E-state index is 0.189. The average molecular weight is 351 g/mol. The zero-order chi connectivity index (χ0) is 16.8. The third-order valence-electron chi connectivity index (χ3n) is 3.07. The van der Waals surface area contributed by atoms with Crippen molar-refractivity contribution >= 4 is 35.3 Å². The zero-order valence-electron chi connectivity index (χ0n) is 12.8. The maximum absolute atomic E-state index is 11.7. The van der Waals surface area contributed by atoms with Crippen LogP contribution in [-0.4, -0.2) is 18.7 Å². The fraction of sp³-hybridized carbons (Fsp3) is 0.176. The molecule has 0 aliphatic heterocycles. The number of aryl methyl sites for hydroxylation is 2. The number of carbonyl (C=O) groups is 1. The van der Waals surface area contributed by atoms with Gasteiger partial charge in [-0.2, -0.15) is 5.10 Å². The first-order chi connectivity index (χ1) is 11.0. The summed E-state index contributed by atoms with van der Waals surface area (Å²) < 4.78 is 5.32. The van der Waals surface area contributed by atoms with Gasteiger partial charge >= 0.3 is 0 Å². The molecule has 0 heterocycles. The van der Waals surface area contributed by atoms with Gasteiger partial charge in [0.2, 0.25) is 0 Å². The number of hydrogen-bond acceptors (Lipinski definition) is 3. The molecule has 0 unspecified atom stereocenters. The Hall–Kier alpha value is -2.04. The van der Waals surface area contributed by atoms with Gasteiger partial charge in [-0.15, -0.1) is 0 Å². The van der Waals surface area contributed by atoms with Crippen LogP contribution in [0.3, 0.4) is 0 Å². The summed E-state index contributed by atoms with van der Waals surface area (Å²) in [4.78, 5) is 11.7. The van der Waals surface area contributed by atoms with Gasteiger partial charge in [0.05, 0.1) is 11.2 Å². The molecule has 0 atom stereocenters. The van der Waals surface area contributed by atoms with Crippen LogP contribution < -0.4 is 10.2 Å². The maximum atomic E-state index is 11.7. The Balaban J connectivity index is 1.86. The Labute approximate surface area is 145 Å². The summed E-state index contributed by atoms with van der Waals surface area (Å²) in [7, 11) is 0. The van der Waals surface area contributed by atoms with Crippen LogP contribution in [0.25, 0.3) is 0 Å². The van der Waals surface area contributed by atoms with Gasteiger partial charge in [-0.05, 0) is 43.2 Å². The summed E-state index contributed by atoms with van der Waals surface area (Å²) in [6.07, 6.45) is 1.60. The van der Waals surface area contributed by atoms with Crippen molar-refractivity contribution in [3.8, 4) is 5.75 Å². The molecule has 2 rings (SSSR count). The van der Waals surface area contributed by atoms with Crippen LogP contribution in [-0.2, 0) is 4.79 Å². The lowest BCUT2D eigenvalue weighted by Crippen LogP contribution is -2.24. The van der Waals surface area contributed by atoms with E-state index < -0.39 is 0 Å². The van der Waals surface area contributed by atoms with Crippen LogP contribution in [0.4, 0.5) is 0 Å². The highest BCUT2D eigenvalue weighted by molar-refractivity contribution is 6.35. The molecular weight excluding hydrogens is 335 g/mol. The summed E-state index contributed by atoms with van der Waals surface area (Å²) in [6.45, 7) is 3.82. The maximum Gasteiger partial charge on any atom is 0.277 e. The standard InChI is InChI=1S/C17H16Cl2N2O2/c1-11-3-4-13(12(2)7-11)9-20-21-17(22)10-23-16-6-5-14(18)8-15(16)19/h3-9H,10H2,1-2H3,(H,21,22)/b20-9+. The molecule has 0 fully saturated rings. The van der Waals surface area contributed by atoms with Gasteiger partial charge < -0.3 is 4.74 Å². The van der Waals surface area contributed by atoms with Crippen LogP contribution in [0.15, 0.2) is 41.5 Å². The topological polar surface area (TPSA) is 50.7 Å². The van der Waals surface area contributed by atoms with E-state index in [0.717, 1.165) is 11.1 Å². The van der Waals surface area contributed by atoms with Crippen LogP contribution >= 0.6 is 23.2 Å². The van der Waals surface area contributed by atoms with Gasteiger partial charge in [0.25, 0.3) is 5.91 Å². The van der Waals surface area contributed by atoms with Crippen LogP contribution in [0.1, 0.15) is 16.7 Å². The number of hydrogen-bond donors (Lipinski definition) is 1. The van der Waals surface area contributed by atoms with E-state index in [1.165, 1.54) is 5.56 Å². The van der Waals surface area contributed by atoms with E-state index in [-0.39, 0.29) is 12.5 Å². The number of nitrogens with zero attached hydrogens (tertiary/aromatic N) is 1. The molecule has 1 amide bonds. The van der Waals surface area contributed by atoms with Gasteiger partial charge in [-0.3, -0.25) is 4.79 Å². The smallest absolute Gasteiger partial charge is 0.277 e. The molecule has 0 aliphatic carbocycles. The lowest BCUT2D eigenvalue weighted by atomic mass is 10.1. The van der Waals surface area contributed by atoms with E-state index in [1.54, 1.807) is 24.4 Å². The highest BCUT2D eigenvalue weighted by Gasteiger charge is 2.05. The van der Waals surface area contributed by atoms with Crippen LogP contribution in [0, 0.1) is 13.8 Å². The lowest BCUT2D eigenvalue weighted by Gasteiger charge is -2.07. The molecule has 4 nitrogen and oxygen atoms in total. The molecule has 1 N–H and O–H groups in total. The lowest BCUT2D eigenvalue weighted by molar-refractivity contribution is -0.123. The van der Waals surface area contributed by atoms with E-state index in [1.807, 2.05) is 26.0 Å². The molecule has 6 heteroatoms. The van der Waals surface area contributed by atoms with E-state index >= 15 is 0 Å². The average Bonchev–Trinajstić information content (AvgIpc) is 2.48. The summed E-state index contributed by atoms with van der Waals surface area (Å²) in [5.41, 5.74) is 5.62. The first-order valence-electron chi connectivity index (χ1n) is 6.92. The number of amides is 1. The third kappa shape index (κ3) is 5.27. The Morgan fingerprint density at radius 2 is 2.00 bits per heavy atom. The Morgan fingerprint density at radius 1 is 1.22 bits per heavy atom. The minimum Gasteiger partial charge on any atom is -0.482 e. The summed E-state index contributed by atoms with van der Waals surface area (Å²) >= 11 is 11.7. The molecule has 0 radical (unpaired) electrons. The molecule has 0 bridgehead atoms. The number of nitrogens with one attached hydrogen (secondary N) is 1. The second-order valence-corrected chi connectivity index (χ2v) is 5.86. The van der Waals surface area contributed by atoms with Crippen molar-refractivity contribution in [3.05, 3.63) is 63.1 Å². The number of ether oxygens (including phenoxy) is 1. The molecule has 2 aromatic rings. The molecule has 0 saturated heterocycles. The first kappa shape index (κ1) is 17.3. The zero-order valence-corrected chi connectivity index (χ0v) is 14.3. The van der Waals surface area contributed by atoms with Crippen molar-refractivity contribution in [2.75, 3.05) is 6.61 Å². The number of halogens is 2. The summed E-state index contributed by atoms with van der Waals surface area (Å²) in [5.74, 6) is 0.0154. The molecule has 0 spiro atoms. The molecular formula is C17H16Cl2N2O2. The van der Waals surface area contributed by atoms with Gasteiger partial charge in [0.1, 0.15) is 5.75 Å². The minimum atomic E-state index is -0.378.